The van der Waals surface area contributed by atoms with Crippen LogP contribution in [0.25, 0.3) is 0 Å². The monoisotopic (exact) mass is 320 g/mol. The number of hydrogen-bond donors (Lipinski definition) is 3. The van der Waals surface area contributed by atoms with Crippen molar-refractivity contribution in [1.82, 2.24) is 10.6 Å². The predicted octanol–water partition coefficient (Wildman–Crippen LogP) is 2.25. The fourth-order valence-corrected chi connectivity index (χ4v) is 2.84. The molecular weight excluding hydrogens is 296 g/mol. The van der Waals surface area contributed by atoms with Crippen molar-refractivity contribution < 1.29 is 19.4 Å². The van der Waals surface area contributed by atoms with Gasteiger partial charge in [0, 0.05) is 25.6 Å². The number of nitrogens with one attached hydrogen (secondary N) is 2. The molecule has 1 aromatic rings. The Balaban J connectivity index is 1.73. The topological polar surface area (TPSA) is 87.7 Å². The minimum Gasteiger partial charge on any atom is -0.478 e. The Labute approximate surface area is 136 Å². The number of amides is 2. The van der Waals surface area contributed by atoms with Crippen LogP contribution in [0.3, 0.4) is 0 Å². The van der Waals surface area contributed by atoms with Gasteiger partial charge in [-0.05, 0) is 30.0 Å². The molecule has 2 rings (SSSR count). The summed E-state index contributed by atoms with van der Waals surface area (Å²) in [5.74, 6) is -0.156. The third-order valence-electron chi connectivity index (χ3n) is 4.10. The lowest BCUT2D eigenvalue weighted by molar-refractivity contribution is 0.0545. The van der Waals surface area contributed by atoms with Crippen LogP contribution in [0.2, 0.25) is 0 Å². The van der Waals surface area contributed by atoms with Gasteiger partial charge < -0.3 is 20.5 Å². The number of hydrogen-bond acceptors (Lipinski definition) is 3. The zero-order valence-electron chi connectivity index (χ0n) is 13.5. The zero-order valence-corrected chi connectivity index (χ0v) is 13.5. The lowest BCUT2D eigenvalue weighted by atomic mass is 9.93. The van der Waals surface area contributed by atoms with E-state index in [2.05, 4.69) is 24.5 Å². The van der Waals surface area contributed by atoms with Gasteiger partial charge in [0.2, 0.25) is 0 Å². The number of carbonyl (C=O) groups excluding carboxylic acids is 1. The van der Waals surface area contributed by atoms with Gasteiger partial charge in [-0.3, -0.25) is 0 Å². The van der Waals surface area contributed by atoms with E-state index in [4.69, 9.17) is 9.84 Å². The quantitative estimate of drug-likeness (QED) is 0.750. The van der Waals surface area contributed by atoms with E-state index in [1.807, 2.05) is 0 Å². The molecule has 0 aliphatic carbocycles. The summed E-state index contributed by atoms with van der Waals surface area (Å²) in [7, 11) is 0. The molecule has 0 spiro atoms. The molecule has 0 aromatic heterocycles. The SMILES string of the molecule is CC(C)C1OCCC1CNC(=O)NCc1ccc(C(=O)O)cc1. The van der Waals surface area contributed by atoms with E-state index in [1.54, 1.807) is 12.1 Å². The van der Waals surface area contributed by atoms with Crippen LogP contribution in [0.1, 0.15) is 36.2 Å². The largest absolute Gasteiger partial charge is 0.478 e. The second-order valence-corrected chi connectivity index (χ2v) is 6.19. The van der Waals surface area contributed by atoms with Gasteiger partial charge in [-0.2, -0.15) is 0 Å². The van der Waals surface area contributed by atoms with E-state index in [-0.39, 0.29) is 17.7 Å². The molecule has 1 aromatic carbocycles. The highest BCUT2D eigenvalue weighted by atomic mass is 16.5. The lowest BCUT2D eigenvalue weighted by Gasteiger charge is -2.22. The first-order valence-electron chi connectivity index (χ1n) is 7.93. The summed E-state index contributed by atoms with van der Waals surface area (Å²) in [5.41, 5.74) is 1.09. The molecule has 23 heavy (non-hydrogen) atoms. The van der Waals surface area contributed by atoms with Crippen molar-refractivity contribution >= 4 is 12.0 Å². The van der Waals surface area contributed by atoms with Crippen molar-refractivity contribution in [3.05, 3.63) is 35.4 Å². The van der Waals surface area contributed by atoms with Crippen molar-refractivity contribution in [1.29, 1.82) is 0 Å². The first-order chi connectivity index (χ1) is 11.0. The third kappa shape index (κ3) is 4.96. The van der Waals surface area contributed by atoms with Crippen LogP contribution in [0.5, 0.6) is 0 Å². The van der Waals surface area contributed by atoms with Gasteiger partial charge in [0.25, 0.3) is 0 Å². The van der Waals surface area contributed by atoms with Crippen molar-refractivity contribution in [3.8, 4) is 0 Å². The van der Waals surface area contributed by atoms with Crippen molar-refractivity contribution in [2.75, 3.05) is 13.2 Å². The molecule has 0 radical (unpaired) electrons. The van der Waals surface area contributed by atoms with Gasteiger partial charge in [-0.1, -0.05) is 26.0 Å². The molecule has 126 valence electrons. The number of carbonyl (C=O) groups is 2. The van der Waals surface area contributed by atoms with E-state index in [0.717, 1.165) is 18.6 Å². The van der Waals surface area contributed by atoms with Crippen LogP contribution in [0.15, 0.2) is 24.3 Å². The van der Waals surface area contributed by atoms with Crippen molar-refractivity contribution in [3.63, 3.8) is 0 Å². The summed E-state index contributed by atoms with van der Waals surface area (Å²) in [6.45, 7) is 5.98. The second-order valence-electron chi connectivity index (χ2n) is 6.19. The highest BCUT2D eigenvalue weighted by Crippen LogP contribution is 2.25. The first-order valence-corrected chi connectivity index (χ1v) is 7.93. The smallest absolute Gasteiger partial charge is 0.335 e. The Morgan fingerprint density at radius 2 is 1.96 bits per heavy atom. The number of carboxylic acids is 1. The molecule has 2 atom stereocenters. The van der Waals surface area contributed by atoms with Crippen LogP contribution < -0.4 is 10.6 Å². The van der Waals surface area contributed by atoms with Crippen molar-refractivity contribution in [2.45, 2.75) is 32.9 Å². The molecule has 1 saturated heterocycles. The molecular formula is C17H24N2O4. The van der Waals surface area contributed by atoms with Crippen LogP contribution >= 0.6 is 0 Å². The number of urea groups is 1. The number of benzene rings is 1. The number of carboxylic acid groups (broad SMARTS) is 1. The summed E-state index contributed by atoms with van der Waals surface area (Å²) >= 11 is 0. The van der Waals surface area contributed by atoms with E-state index < -0.39 is 5.97 Å². The van der Waals surface area contributed by atoms with E-state index in [0.29, 0.717) is 24.9 Å². The van der Waals surface area contributed by atoms with Gasteiger partial charge in [-0.15, -0.1) is 0 Å². The Bertz CT molecular complexity index is 542. The summed E-state index contributed by atoms with van der Waals surface area (Å²) in [5, 5.41) is 14.5. The normalized spacial score (nSPS) is 20.5. The molecule has 0 bridgehead atoms. The highest BCUT2D eigenvalue weighted by Gasteiger charge is 2.30. The molecule has 1 aliphatic rings. The van der Waals surface area contributed by atoms with Gasteiger partial charge in [-0.25, -0.2) is 9.59 Å². The fraction of sp³-hybridized carbons (Fsp3) is 0.529. The Hall–Kier alpha value is -2.08. The second kappa shape index (κ2) is 7.97. The summed E-state index contributed by atoms with van der Waals surface area (Å²) < 4.78 is 5.70. The molecule has 3 N–H and O–H groups in total. The van der Waals surface area contributed by atoms with E-state index in [1.165, 1.54) is 12.1 Å². The fourth-order valence-electron chi connectivity index (χ4n) is 2.84. The minimum atomic E-state index is -0.958. The maximum absolute atomic E-state index is 11.9. The molecule has 2 amide bonds. The zero-order chi connectivity index (χ0) is 16.8. The summed E-state index contributed by atoms with van der Waals surface area (Å²) in [6, 6.07) is 6.23. The molecule has 1 heterocycles. The van der Waals surface area contributed by atoms with Gasteiger partial charge in [0.1, 0.15) is 0 Å². The maximum atomic E-state index is 11.9. The standard InChI is InChI=1S/C17H24N2O4/c1-11(2)15-14(7-8-23-15)10-19-17(22)18-9-12-3-5-13(6-4-12)16(20)21/h3-6,11,14-15H,7-10H2,1-2H3,(H,20,21)(H2,18,19,22). The Kier molecular flexibility index (Phi) is 5.98. The van der Waals surface area contributed by atoms with Crippen LogP contribution in [-0.4, -0.2) is 36.4 Å². The Morgan fingerprint density at radius 1 is 1.26 bits per heavy atom. The molecule has 1 aliphatic heterocycles. The lowest BCUT2D eigenvalue weighted by Crippen LogP contribution is -2.40. The van der Waals surface area contributed by atoms with Crippen LogP contribution in [0, 0.1) is 11.8 Å². The number of aromatic carboxylic acids is 1. The first kappa shape index (κ1) is 17.3. The minimum absolute atomic E-state index is 0.207. The average molecular weight is 320 g/mol. The Morgan fingerprint density at radius 3 is 2.57 bits per heavy atom. The predicted molar refractivity (Wildman–Crippen MR) is 86.3 cm³/mol. The van der Waals surface area contributed by atoms with Crippen molar-refractivity contribution in [2.24, 2.45) is 11.8 Å². The van der Waals surface area contributed by atoms with Crippen LogP contribution in [0.4, 0.5) is 4.79 Å². The maximum Gasteiger partial charge on any atom is 0.335 e. The molecule has 6 nitrogen and oxygen atoms in total. The molecule has 0 saturated carbocycles. The molecule has 2 unspecified atom stereocenters. The summed E-state index contributed by atoms with van der Waals surface area (Å²) in [6.07, 6.45) is 1.18. The molecule has 1 fully saturated rings. The summed E-state index contributed by atoms with van der Waals surface area (Å²) in [4.78, 5) is 22.6. The molecule has 6 heteroatoms. The highest BCUT2D eigenvalue weighted by molar-refractivity contribution is 5.87. The van der Waals surface area contributed by atoms with Gasteiger partial charge in [0.15, 0.2) is 0 Å². The third-order valence-corrected chi connectivity index (χ3v) is 4.10. The number of rotatable bonds is 6. The van der Waals surface area contributed by atoms with E-state index in [9.17, 15) is 9.59 Å². The average Bonchev–Trinajstić information content (AvgIpc) is 3.00. The number of ether oxygens (including phenoxy) is 1. The van der Waals surface area contributed by atoms with E-state index >= 15 is 0 Å². The van der Waals surface area contributed by atoms with Gasteiger partial charge >= 0.3 is 12.0 Å². The van der Waals surface area contributed by atoms with Crippen LogP contribution in [-0.2, 0) is 11.3 Å². The van der Waals surface area contributed by atoms with Gasteiger partial charge in [0.05, 0.1) is 11.7 Å².